The highest BCUT2D eigenvalue weighted by Crippen LogP contribution is 2.67. The van der Waals surface area contributed by atoms with Crippen LogP contribution in [0.25, 0.3) is 0 Å². The van der Waals surface area contributed by atoms with E-state index in [-0.39, 0.29) is 17.6 Å². The van der Waals surface area contributed by atoms with E-state index in [0.29, 0.717) is 5.41 Å². The molecular weight excluding hydrogens is 478 g/mol. The van der Waals surface area contributed by atoms with Gasteiger partial charge in [0.05, 0.1) is 0 Å². The van der Waals surface area contributed by atoms with Crippen LogP contribution < -0.4 is 5.32 Å². The van der Waals surface area contributed by atoms with Crippen molar-refractivity contribution in [1.29, 1.82) is 0 Å². The van der Waals surface area contributed by atoms with Crippen LogP contribution in [0.15, 0.2) is 42.0 Å². The molecule has 3 fully saturated rings. The Bertz CT molecular complexity index is 1020. The molecule has 4 aliphatic carbocycles. The van der Waals surface area contributed by atoms with Gasteiger partial charge in [0.15, 0.2) is 0 Å². The first kappa shape index (κ1) is 28.7. The van der Waals surface area contributed by atoms with E-state index in [9.17, 15) is 4.79 Å². The molecule has 0 radical (unpaired) electrons. The first-order valence-corrected chi connectivity index (χ1v) is 16.4. The topological polar surface area (TPSA) is 38.3 Å². The summed E-state index contributed by atoms with van der Waals surface area (Å²) in [6, 6.07) is 9.63. The van der Waals surface area contributed by atoms with Gasteiger partial charge < -0.3 is 4.74 Å². The smallest absolute Gasteiger partial charge is 0.411 e. The zero-order valence-corrected chi connectivity index (χ0v) is 25.7. The fourth-order valence-electron chi connectivity index (χ4n) is 10.2. The summed E-state index contributed by atoms with van der Waals surface area (Å²) in [4.78, 5) is 12.6. The van der Waals surface area contributed by atoms with E-state index in [4.69, 9.17) is 4.74 Å². The number of carbonyl (C=O) groups is 1. The maximum atomic E-state index is 12.6. The third-order valence-corrected chi connectivity index (χ3v) is 12.6. The summed E-state index contributed by atoms with van der Waals surface area (Å²) in [6.45, 7) is 15.1. The average Bonchev–Trinajstić information content (AvgIpc) is 3.27. The lowest BCUT2D eigenvalue weighted by molar-refractivity contribution is -0.0579. The van der Waals surface area contributed by atoms with Gasteiger partial charge in [0, 0.05) is 12.1 Å². The van der Waals surface area contributed by atoms with Crippen molar-refractivity contribution in [2.75, 3.05) is 5.32 Å². The van der Waals surface area contributed by atoms with Crippen LogP contribution in [0.5, 0.6) is 0 Å². The van der Waals surface area contributed by atoms with Crippen molar-refractivity contribution in [3.05, 3.63) is 42.0 Å². The number of fused-ring (bicyclic) bond motifs is 5. The van der Waals surface area contributed by atoms with Crippen molar-refractivity contribution >= 4 is 11.8 Å². The number of benzene rings is 1. The summed E-state index contributed by atoms with van der Waals surface area (Å²) in [7, 11) is 0. The molecule has 216 valence electrons. The third kappa shape index (κ3) is 5.58. The molecule has 0 aliphatic heterocycles. The molecule has 1 N–H and O–H groups in total. The van der Waals surface area contributed by atoms with Gasteiger partial charge in [0.1, 0.15) is 6.10 Å². The third-order valence-electron chi connectivity index (χ3n) is 12.6. The van der Waals surface area contributed by atoms with Crippen LogP contribution in [0.1, 0.15) is 112 Å². The molecule has 0 aromatic heterocycles. The second-order valence-corrected chi connectivity index (χ2v) is 14.7. The Balaban J connectivity index is 1.22. The van der Waals surface area contributed by atoms with Gasteiger partial charge in [0.25, 0.3) is 0 Å². The number of allylic oxidation sites excluding steroid dienone is 1. The van der Waals surface area contributed by atoms with Crippen LogP contribution in [0, 0.1) is 52.3 Å². The molecule has 9 atom stereocenters. The number of anilines is 1. The van der Waals surface area contributed by atoms with Crippen molar-refractivity contribution in [3.63, 3.8) is 0 Å². The number of nitrogens with one attached hydrogen (secondary N) is 1. The molecule has 0 spiro atoms. The number of ether oxygens (including phenoxy) is 1. The Hall–Kier alpha value is -1.77. The maximum absolute atomic E-state index is 12.6. The van der Waals surface area contributed by atoms with Crippen LogP contribution in [0.4, 0.5) is 10.5 Å². The number of para-hydroxylation sites is 1. The minimum atomic E-state index is -0.317. The Morgan fingerprint density at radius 3 is 2.49 bits per heavy atom. The summed E-state index contributed by atoms with van der Waals surface area (Å²) in [5.74, 6) is 5.98. The molecule has 3 nitrogen and oxygen atoms in total. The molecule has 3 heteroatoms. The standard InChI is InChI=1S/C36H55NO2/c1-7-26(24(2)3)14-13-25(4)31-17-18-32-30-16-15-27-23-29(39-34(38)37-28-11-9-8-10-12-28)19-21-35(27,5)33(30)20-22-36(31,32)6/h8-12,15,24-26,29-33H,7,13-14,16-23H2,1-6H3,(H,37,38)/t25-,26+,29+,30+,31-,32+,33+,35+,36-/m1/s1. The number of hydrogen-bond donors (Lipinski definition) is 1. The van der Waals surface area contributed by atoms with Gasteiger partial charge >= 0.3 is 6.09 Å². The predicted molar refractivity (Wildman–Crippen MR) is 163 cm³/mol. The van der Waals surface area contributed by atoms with E-state index < -0.39 is 0 Å². The maximum Gasteiger partial charge on any atom is 0.411 e. The Morgan fingerprint density at radius 1 is 1.00 bits per heavy atom. The van der Waals surface area contributed by atoms with Gasteiger partial charge in [-0.25, -0.2) is 4.79 Å². The Morgan fingerprint density at radius 2 is 1.77 bits per heavy atom. The second-order valence-electron chi connectivity index (χ2n) is 14.7. The van der Waals surface area contributed by atoms with Gasteiger partial charge in [0.2, 0.25) is 0 Å². The molecule has 4 aliphatic rings. The molecule has 5 rings (SSSR count). The van der Waals surface area contributed by atoms with E-state index in [1.54, 1.807) is 5.57 Å². The molecule has 0 unspecified atom stereocenters. The highest BCUT2D eigenvalue weighted by Gasteiger charge is 2.59. The number of carbonyl (C=O) groups excluding carboxylic acids is 1. The molecular formula is C36H55NO2. The molecule has 3 saturated carbocycles. The van der Waals surface area contributed by atoms with E-state index in [2.05, 4.69) is 52.9 Å². The zero-order chi connectivity index (χ0) is 27.8. The summed E-state index contributed by atoms with van der Waals surface area (Å²) in [6.07, 6.45) is 16.4. The summed E-state index contributed by atoms with van der Waals surface area (Å²) >= 11 is 0. The zero-order valence-electron chi connectivity index (χ0n) is 25.7. The summed E-state index contributed by atoms with van der Waals surface area (Å²) in [5.41, 5.74) is 3.19. The fourth-order valence-corrected chi connectivity index (χ4v) is 10.2. The monoisotopic (exact) mass is 533 g/mol. The normalized spacial score (nSPS) is 37.2. The highest BCUT2D eigenvalue weighted by molar-refractivity contribution is 5.84. The first-order chi connectivity index (χ1) is 18.7. The van der Waals surface area contributed by atoms with Crippen molar-refractivity contribution in [2.24, 2.45) is 52.3 Å². The van der Waals surface area contributed by atoms with E-state index >= 15 is 0 Å². The quantitative estimate of drug-likeness (QED) is 0.338. The number of amides is 1. The average molecular weight is 534 g/mol. The lowest BCUT2D eigenvalue weighted by Crippen LogP contribution is -2.51. The summed E-state index contributed by atoms with van der Waals surface area (Å²) < 4.78 is 5.92. The molecule has 0 heterocycles. The van der Waals surface area contributed by atoms with Crippen molar-refractivity contribution in [1.82, 2.24) is 0 Å². The SMILES string of the molecule is CC[C@@H](CC[C@@H](C)[C@H]1CC[C@H]2[C@@H]3CC=C4C[C@@H](OC(=O)Nc5ccccc5)CC[C@]4(C)[C@H]3CC[C@]12C)C(C)C. The molecule has 0 bridgehead atoms. The van der Waals surface area contributed by atoms with Gasteiger partial charge in [-0.15, -0.1) is 0 Å². The van der Waals surface area contributed by atoms with E-state index in [1.807, 2.05) is 30.3 Å². The highest BCUT2D eigenvalue weighted by atomic mass is 16.6. The van der Waals surface area contributed by atoms with Crippen molar-refractivity contribution < 1.29 is 9.53 Å². The molecule has 0 saturated heterocycles. The molecule has 1 amide bonds. The molecule has 1 aromatic carbocycles. The lowest BCUT2D eigenvalue weighted by atomic mass is 9.47. The first-order valence-electron chi connectivity index (χ1n) is 16.4. The van der Waals surface area contributed by atoms with Gasteiger partial charge in [-0.3, -0.25) is 5.32 Å². The van der Waals surface area contributed by atoms with Crippen LogP contribution in [-0.2, 0) is 4.74 Å². The van der Waals surface area contributed by atoms with Gasteiger partial charge in [-0.2, -0.15) is 0 Å². The Kier molecular flexibility index (Phi) is 8.56. The molecule has 1 aromatic rings. The van der Waals surface area contributed by atoms with Crippen LogP contribution >= 0.6 is 0 Å². The van der Waals surface area contributed by atoms with E-state index in [1.165, 1.54) is 51.4 Å². The fraction of sp³-hybridized carbons (Fsp3) is 0.750. The predicted octanol–water partition coefficient (Wildman–Crippen LogP) is 10.3. The van der Waals surface area contributed by atoms with Crippen molar-refractivity contribution in [3.8, 4) is 0 Å². The minimum Gasteiger partial charge on any atom is -0.446 e. The lowest BCUT2D eigenvalue weighted by Gasteiger charge is -2.58. The van der Waals surface area contributed by atoms with Gasteiger partial charge in [-0.05, 0) is 116 Å². The van der Waals surface area contributed by atoms with Crippen LogP contribution in [-0.4, -0.2) is 12.2 Å². The second kappa shape index (κ2) is 11.6. The van der Waals surface area contributed by atoms with Crippen LogP contribution in [0.3, 0.4) is 0 Å². The van der Waals surface area contributed by atoms with Gasteiger partial charge in [-0.1, -0.05) is 84.2 Å². The largest absolute Gasteiger partial charge is 0.446 e. The van der Waals surface area contributed by atoms with Crippen LogP contribution in [0.2, 0.25) is 0 Å². The summed E-state index contributed by atoms with van der Waals surface area (Å²) in [5, 5.41) is 2.90. The Labute approximate surface area is 238 Å². The minimum absolute atomic E-state index is 0.00654. The molecule has 39 heavy (non-hydrogen) atoms. The van der Waals surface area contributed by atoms with E-state index in [0.717, 1.165) is 66.4 Å². The number of rotatable bonds is 8. The number of hydrogen-bond acceptors (Lipinski definition) is 2. The van der Waals surface area contributed by atoms with Crippen molar-refractivity contribution in [2.45, 2.75) is 118 Å².